The first kappa shape index (κ1) is 22.4. The summed E-state index contributed by atoms with van der Waals surface area (Å²) in [5, 5.41) is 0. The Hall–Kier alpha value is -0.590. The minimum atomic E-state index is 0.347. The highest BCUT2D eigenvalue weighted by Crippen LogP contribution is 2.20. The summed E-state index contributed by atoms with van der Waals surface area (Å²) in [6.07, 6.45) is 21.5. The molecule has 0 spiro atoms. The molecular formula is C22H42O. The van der Waals surface area contributed by atoms with Crippen LogP contribution in [0, 0.1) is 5.92 Å². The van der Waals surface area contributed by atoms with E-state index in [9.17, 15) is 4.79 Å². The van der Waals surface area contributed by atoms with Crippen molar-refractivity contribution in [3.05, 3.63) is 12.7 Å². The standard InChI is InChI=1S/C22H42O/c1-4-7-9-11-13-15-17-20-22(23)21(18-6-3)19-16-14-12-10-8-5-2/h5,21H,2,4,6-20H2,1,3H3. The monoisotopic (exact) mass is 322 g/mol. The van der Waals surface area contributed by atoms with Crippen molar-refractivity contribution in [2.24, 2.45) is 5.92 Å². The molecule has 0 aromatic heterocycles. The van der Waals surface area contributed by atoms with Crippen molar-refractivity contribution in [2.75, 3.05) is 0 Å². The Morgan fingerprint density at radius 3 is 2.04 bits per heavy atom. The van der Waals surface area contributed by atoms with Gasteiger partial charge in [-0.05, 0) is 32.1 Å². The molecule has 0 saturated carbocycles. The fraction of sp³-hybridized carbons (Fsp3) is 0.864. The van der Waals surface area contributed by atoms with Crippen LogP contribution in [0.3, 0.4) is 0 Å². The Bertz CT molecular complexity index is 269. The molecule has 0 saturated heterocycles. The SMILES string of the molecule is C=CCCCCCCC(CCC)C(=O)CCCCCCCCC. The summed E-state index contributed by atoms with van der Waals surface area (Å²) in [5.74, 6) is 0.894. The van der Waals surface area contributed by atoms with Gasteiger partial charge in [-0.2, -0.15) is 0 Å². The van der Waals surface area contributed by atoms with Crippen molar-refractivity contribution in [1.29, 1.82) is 0 Å². The number of ketones is 1. The first-order chi connectivity index (χ1) is 11.3. The average Bonchev–Trinajstić information content (AvgIpc) is 2.56. The maximum absolute atomic E-state index is 12.4. The molecule has 0 aromatic rings. The number of carbonyl (C=O) groups excluding carboxylic acids is 1. The summed E-state index contributed by atoms with van der Waals surface area (Å²) >= 11 is 0. The van der Waals surface area contributed by atoms with E-state index in [1.165, 1.54) is 64.2 Å². The lowest BCUT2D eigenvalue weighted by molar-refractivity contribution is -0.123. The van der Waals surface area contributed by atoms with E-state index in [2.05, 4.69) is 20.4 Å². The van der Waals surface area contributed by atoms with Gasteiger partial charge >= 0.3 is 0 Å². The van der Waals surface area contributed by atoms with Crippen molar-refractivity contribution < 1.29 is 4.79 Å². The molecule has 0 radical (unpaired) electrons. The Balaban J connectivity index is 3.72. The molecule has 0 aliphatic carbocycles. The van der Waals surface area contributed by atoms with Crippen LogP contribution < -0.4 is 0 Å². The second-order valence-electron chi connectivity index (χ2n) is 7.10. The van der Waals surface area contributed by atoms with Crippen molar-refractivity contribution in [3.8, 4) is 0 Å². The summed E-state index contributed by atoms with van der Waals surface area (Å²) in [5.41, 5.74) is 0. The predicted octanol–water partition coefficient (Wildman–Crippen LogP) is 7.64. The van der Waals surface area contributed by atoms with Crippen LogP contribution >= 0.6 is 0 Å². The quantitative estimate of drug-likeness (QED) is 0.187. The van der Waals surface area contributed by atoms with Crippen molar-refractivity contribution >= 4 is 5.78 Å². The van der Waals surface area contributed by atoms with Crippen LogP contribution in [0.2, 0.25) is 0 Å². The first-order valence-electron chi connectivity index (χ1n) is 10.4. The molecule has 0 fully saturated rings. The molecule has 23 heavy (non-hydrogen) atoms. The number of unbranched alkanes of at least 4 members (excludes halogenated alkanes) is 10. The minimum absolute atomic E-state index is 0.347. The van der Waals surface area contributed by atoms with Crippen molar-refractivity contribution in [3.63, 3.8) is 0 Å². The summed E-state index contributed by atoms with van der Waals surface area (Å²) < 4.78 is 0. The van der Waals surface area contributed by atoms with Crippen LogP contribution in [0.4, 0.5) is 0 Å². The summed E-state index contributed by atoms with van der Waals surface area (Å²) in [6, 6.07) is 0. The molecule has 1 unspecified atom stereocenters. The van der Waals surface area contributed by atoms with E-state index in [1.54, 1.807) is 0 Å². The zero-order valence-electron chi connectivity index (χ0n) is 16.1. The van der Waals surface area contributed by atoms with Gasteiger partial charge in [0.05, 0.1) is 0 Å². The average molecular weight is 323 g/mol. The largest absolute Gasteiger partial charge is 0.299 e. The number of rotatable bonds is 18. The molecule has 1 nitrogen and oxygen atoms in total. The van der Waals surface area contributed by atoms with Crippen LogP contribution in [-0.4, -0.2) is 5.78 Å². The summed E-state index contributed by atoms with van der Waals surface area (Å²) in [6.45, 7) is 8.23. The van der Waals surface area contributed by atoms with E-state index in [1.807, 2.05) is 6.08 Å². The molecule has 0 rings (SSSR count). The molecule has 0 N–H and O–H groups in total. The molecule has 0 bridgehead atoms. The van der Waals surface area contributed by atoms with Gasteiger partial charge in [-0.15, -0.1) is 6.58 Å². The van der Waals surface area contributed by atoms with Gasteiger partial charge in [0, 0.05) is 12.3 Å². The highest BCUT2D eigenvalue weighted by molar-refractivity contribution is 5.80. The first-order valence-corrected chi connectivity index (χ1v) is 10.4. The van der Waals surface area contributed by atoms with Gasteiger partial charge in [-0.1, -0.05) is 84.1 Å². The third-order valence-corrected chi connectivity index (χ3v) is 4.83. The molecule has 0 aliphatic heterocycles. The minimum Gasteiger partial charge on any atom is -0.299 e. The Labute approximate surface area is 146 Å². The third kappa shape index (κ3) is 14.7. The number of carbonyl (C=O) groups is 1. The van der Waals surface area contributed by atoms with E-state index >= 15 is 0 Å². The molecule has 0 aromatic carbocycles. The molecule has 0 heterocycles. The summed E-state index contributed by atoms with van der Waals surface area (Å²) in [7, 11) is 0. The van der Waals surface area contributed by atoms with E-state index in [0.717, 1.165) is 38.5 Å². The molecular weight excluding hydrogens is 280 g/mol. The van der Waals surface area contributed by atoms with Gasteiger partial charge < -0.3 is 0 Å². The Kier molecular flexibility index (Phi) is 17.3. The normalized spacial score (nSPS) is 12.3. The van der Waals surface area contributed by atoms with Gasteiger partial charge in [0.25, 0.3) is 0 Å². The van der Waals surface area contributed by atoms with Gasteiger partial charge in [0.1, 0.15) is 5.78 Å². The zero-order chi connectivity index (χ0) is 17.2. The van der Waals surface area contributed by atoms with E-state index in [4.69, 9.17) is 0 Å². The third-order valence-electron chi connectivity index (χ3n) is 4.83. The van der Waals surface area contributed by atoms with Crippen LogP contribution in [-0.2, 0) is 4.79 Å². The van der Waals surface area contributed by atoms with Crippen molar-refractivity contribution in [1.82, 2.24) is 0 Å². The van der Waals surface area contributed by atoms with Crippen molar-refractivity contribution in [2.45, 2.75) is 117 Å². The molecule has 0 aliphatic rings. The maximum Gasteiger partial charge on any atom is 0.135 e. The Morgan fingerprint density at radius 2 is 1.39 bits per heavy atom. The van der Waals surface area contributed by atoms with Gasteiger partial charge in [-0.25, -0.2) is 0 Å². The fourth-order valence-corrected chi connectivity index (χ4v) is 3.31. The lowest BCUT2D eigenvalue weighted by Gasteiger charge is -2.15. The highest BCUT2D eigenvalue weighted by Gasteiger charge is 2.16. The molecule has 136 valence electrons. The second kappa shape index (κ2) is 17.8. The van der Waals surface area contributed by atoms with Crippen LogP contribution in [0.15, 0.2) is 12.7 Å². The highest BCUT2D eigenvalue weighted by atomic mass is 16.1. The lowest BCUT2D eigenvalue weighted by Crippen LogP contribution is -2.14. The molecule has 0 amide bonds. The smallest absolute Gasteiger partial charge is 0.135 e. The Morgan fingerprint density at radius 1 is 0.783 bits per heavy atom. The topological polar surface area (TPSA) is 17.1 Å². The van der Waals surface area contributed by atoms with Crippen LogP contribution in [0.25, 0.3) is 0 Å². The number of Topliss-reactive ketones (excluding diaryl/α,β-unsaturated/α-hetero) is 1. The van der Waals surface area contributed by atoms with Crippen LogP contribution in [0.1, 0.15) is 117 Å². The number of hydrogen-bond acceptors (Lipinski definition) is 1. The van der Waals surface area contributed by atoms with E-state index in [0.29, 0.717) is 11.7 Å². The van der Waals surface area contributed by atoms with Gasteiger partial charge in [0.2, 0.25) is 0 Å². The second-order valence-corrected chi connectivity index (χ2v) is 7.10. The van der Waals surface area contributed by atoms with Gasteiger partial charge in [-0.3, -0.25) is 4.79 Å². The van der Waals surface area contributed by atoms with E-state index in [-0.39, 0.29) is 0 Å². The molecule has 1 atom stereocenters. The molecule has 1 heteroatoms. The fourth-order valence-electron chi connectivity index (χ4n) is 3.31. The summed E-state index contributed by atoms with van der Waals surface area (Å²) in [4.78, 5) is 12.4. The zero-order valence-corrected chi connectivity index (χ0v) is 16.1. The van der Waals surface area contributed by atoms with E-state index < -0.39 is 0 Å². The maximum atomic E-state index is 12.4. The van der Waals surface area contributed by atoms with Crippen LogP contribution in [0.5, 0.6) is 0 Å². The number of hydrogen-bond donors (Lipinski definition) is 0. The lowest BCUT2D eigenvalue weighted by atomic mass is 9.89. The number of allylic oxidation sites excluding steroid dienone is 1. The predicted molar refractivity (Wildman–Crippen MR) is 104 cm³/mol. The van der Waals surface area contributed by atoms with Gasteiger partial charge in [0.15, 0.2) is 0 Å².